The number of amides is 1. The molecule has 1 heterocycles. The van der Waals surface area contributed by atoms with Gasteiger partial charge in [-0.25, -0.2) is 0 Å². The van der Waals surface area contributed by atoms with Crippen LogP contribution >= 0.6 is 12.2 Å². The molecule has 0 bridgehead atoms. The molecule has 38 heavy (non-hydrogen) atoms. The van der Waals surface area contributed by atoms with E-state index in [-0.39, 0.29) is 11.0 Å². The van der Waals surface area contributed by atoms with E-state index in [0.29, 0.717) is 5.56 Å². The van der Waals surface area contributed by atoms with Crippen LogP contribution in [-0.4, -0.2) is 39.1 Å². The van der Waals surface area contributed by atoms with Gasteiger partial charge in [-0.3, -0.25) is 10.1 Å². The Morgan fingerprint density at radius 3 is 2.34 bits per heavy atom. The molecular formula is C30H30N6OS. The molecule has 0 unspecified atom stereocenters. The van der Waals surface area contributed by atoms with Crippen LogP contribution in [0.15, 0.2) is 72.8 Å². The summed E-state index contributed by atoms with van der Waals surface area (Å²) in [7, 11) is 0. The molecule has 0 radical (unpaired) electrons. The zero-order chi connectivity index (χ0) is 26.8. The van der Waals surface area contributed by atoms with Crippen LogP contribution in [0.5, 0.6) is 0 Å². The second-order valence-electron chi connectivity index (χ2n) is 9.22. The molecule has 7 nitrogen and oxygen atoms in total. The Morgan fingerprint density at radius 1 is 0.895 bits per heavy atom. The summed E-state index contributed by atoms with van der Waals surface area (Å²) in [5, 5.41) is 17.5. The van der Waals surface area contributed by atoms with E-state index in [1.165, 1.54) is 5.69 Å². The van der Waals surface area contributed by atoms with Crippen LogP contribution < -0.4 is 15.5 Å². The molecule has 0 atom stereocenters. The Bertz CT molecular complexity index is 1670. The third-order valence-electron chi connectivity index (χ3n) is 6.76. The van der Waals surface area contributed by atoms with Crippen molar-refractivity contribution in [3.05, 3.63) is 89.5 Å². The molecule has 5 aromatic rings. The first-order valence-electron chi connectivity index (χ1n) is 12.7. The lowest BCUT2D eigenvalue weighted by Gasteiger charge is -2.22. The summed E-state index contributed by atoms with van der Waals surface area (Å²) < 4.78 is 0. The SMILES string of the molecule is CCN(CC)c1ccc(-n2nc3cc(C)c(NC(=S)NC(=O)c4cccc5ccccc45)cc3n2)c(C)c1. The van der Waals surface area contributed by atoms with Crippen LogP contribution in [0.2, 0.25) is 0 Å². The number of thiocarbonyl (C=S) groups is 1. The van der Waals surface area contributed by atoms with E-state index in [0.717, 1.165) is 57.4 Å². The van der Waals surface area contributed by atoms with Crippen molar-refractivity contribution in [3.8, 4) is 5.69 Å². The predicted octanol–water partition coefficient (Wildman–Crippen LogP) is 6.16. The number of hydrogen-bond acceptors (Lipinski definition) is 5. The minimum Gasteiger partial charge on any atom is -0.372 e. The summed E-state index contributed by atoms with van der Waals surface area (Å²) in [5.74, 6) is -0.257. The molecule has 4 aromatic carbocycles. The fourth-order valence-corrected chi connectivity index (χ4v) is 4.91. The summed E-state index contributed by atoms with van der Waals surface area (Å²) in [6.45, 7) is 10.3. The molecular weight excluding hydrogens is 492 g/mol. The number of carbonyl (C=O) groups excluding carboxylic acids is 1. The Balaban J connectivity index is 1.36. The Hall–Kier alpha value is -4.30. The number of fused-ring (bicyclic) bond motifs is 2. The highest BCUT2D eigenvalue weighted by atomic mass is 32.1. The van der Waals surface area contributed by atoms with Crippen LogP contribution in [0, 0.1) is 13.8 Å². The van der Waals surface area contributed by atoms with Crippen molar-refractivity contribution in [2.45, 2.75) is 27.7 Å². The van der Waals surface area contributed by atoms with Gasteiger partial charge in [-0.1, -0.05) is 36.4 Å². The first kappa shape index (κ1) is 25.4. The van der Waals surface area contributed by atoms with Crippen LogP contribution in [0.3, 0.4) is 0 Å². The van der Waals surface area contributed by atoms with Crippen LogP contribution in [0.1, 0.15) is 35.3 Å². The summed E-state index contributed by atoms with van der Waals surface area (Å²) in [5.41, 5.74) is 7.02. The maximum absolute atomic E-state index is 13.0. The summed E-state index contributed by atoms with van der Waals surface area (Å²) in [4.78, 5) is 17.0. The van der Waals surface area contributed by atoms with Gasteiger partial charge >= 0.3 is 0 Å². The van der Waals surface area contributed by atoms with E-state index >= 15 is 0 Å². The molecule has 0 spiro atoms. The molecule has 0 aliphatic rings. The van der Waals surface area contributed by atoms with Gasteiger partial charge in [-0.2, -0.15) is 4.80 Å². The van der Waals surface area contributed by atoms with Crippen molar-refractivity contribution >= 4 is 56.4 Å². The normalized spacial score (nSPS) is 11.1. The second-order valence-corrected chi connectivity index (χ2v) is 9.63. The highest BCUT2D eigenvalue weighted by molar-refractivity contribution is 7.80. The standard InChI is InChI=1S/C30H30N6OS/c1-5-35(6-2)22-14-15-28(20(4)16-22)36-33-26-17-19(3)25(18-27(26)34-36)31-30(38)32-29(37)24-13-9-11-21-10-7-8-12-23(21)24/h7-18H,5-6H2,1-4H3,(H2,31,32,37,38). The van der Waals surface area contributed by atoms with Crippen LogP contribution in [0.25, 0.3) is 27.5 Å². The van der Waals surface area contributed by atoms with Gasteiger partial charge in [0.15, 0.2) is 5.11 Å². The molecule has 192 valence electrons. The molecule has 8 heteroatoms. The van der Waals surface area contributed by atoms with E-state index < -0.39 is 0 Å². The minimum atomic E-state index is -0.257. The zero-order valence-electron chi connectivity index (χ0n) is 21.9. The van der Waals surface area contributed by atoms with Crippen molar-refractivity contribution in [1.29, 1.82) is 0 Å². The zero-order valence-corrected chi connectivity index (χ0v) is 22.8. The number of hydrogen-bond donors (Lipinski definition) is 2. The highest BCUT2D eigenvalue weighted by Gasteiger charge is 2.14. The predicted molar refractivity (Wildman–Crippen MR) is 160 cm³/mol. The maximum atomic E-state index is 13.0. The van der Waals surface area contributed by atoms with E-state index in [4.69, 9.17) is 22.4 Å². The Labute approximate surface area is 227 Å². The van der Waals surface area contributed by atoms with Gasteiger partial charge in [0.2, 0.25) is 0 Å². The quantitative estimate of drug-likeness (QED) is 0.260. The summed E-state index contributed by atoms with van der Waals surface area (Å²) in [6.07, 6.45) is 0. The molecule has 5 rings (SSSR count). The van der Waals surface area contributed by atoms with Gasteiger partial charge < -0.3 is 10.2 Å². The number of aromatic nitrogens is 3. The number of carbonyl (C=O) groups is 1. The molecule has 0 fully saturated rings. The lowest BCUT2D eigenvalue weighted by atomic mass is 10.0. The average Bonchev–Trinajstić information content (AvgIpc) is 3.31. The molecule has 0 aliphatic carbocycles. The first-order chi connectivity index (χ1) is 18.4. The number of rotatable bonds is 6. The third-order valence-corrected chi connectivity index (χ3v) is 6.96. The fraction of sp³-hybridized carbons (Fsp3) is 0.200. The summed E-state index contributed by atoms with van der Waals surface area (Å²) in [6, 6.07) is 23.7. The van der Waals surface area contributed by atoms with E-state index in [9.17, 15) is 4.79 Å². The Kier molecular flexibility index (Phi) is 7.07. The summed E-state index contributed by atoms with van der Waals surface area (Å²) >= 11 is 5.48. The molecule has 0 saturated heterocycles. The van der Waals surface area contributed by atoms with Crippen molar-refractivity contribution in [3.63, 3.8) is 0 Å². The van der Waals surface area contributed by atoms with Crippen molar-refractivity contribution in [2.24, 2.45) is 0 Å². The van der Waals surface area contributed by atoms with Crippen molar-refractivity contribution in [1.82, 2.24) is 20.3 Å². The minimum absolute atomic E-state index is 0.223. The van der Waals surface area contributed by atoms with E-state index in [1.54, 1.807) is 10.9 Å². The molecule has 1 amide bonds. The van der Waals surface area contributed by atoms with Crippen molar-refractivity contribution in [2.75, 3.05) is 23.3 Å². The smallest absolute Gasteiger partial charge is 0.258 e. The number of nitrogens with zero attached hydrogens (tertiary/aromatic N) is 4. The largest absolute Gasteiger partial charge is 0.372 e. The molecule has 2 N–H and O–H groups in total. The number of benzene rings is 4. The number of aryl methyl sites for hydroxylation is 2. The van der Waals surface area contributed by atoms with Crippen molar-refractivity contribution < 1.29 is 4.79 Å². The first-order valence-corrected chi connectivity index (χ1v) is 13.1. The Morgan fingerprint density at radius 2 is 1.61 bits per heavy atom. The van der Waals surface area contributed by atoms with Crippen LogP contribution in [-0.2, 0) is 0 Å². The molecule has 0 saturated carbocycles. The monoisotopic (exact) mass is 522 g/mol. The average molecular weight is 523 g/mol. The molecule has 0 aliphatic heterocycles. The number of nitrogens with one attached hydrogen (secondary N) is 2. The highest BCUT2D eigenvalue weighted by Crippen LogP contribution is 2.25. The second kappa shape index (κ2) is 10.6. The third kappa shape index (κ3) is 4.95. The van der Waals surface area contributed by atoms with Gasteiger partial charge in [0.1, 0.15) is 11.0 Å². The van der Waals surface area contributed by atoms with Gasteiger partial charge in [-0.05, 0) is 98.2 Å². The lowest BCUT2D eigenvalue weighted by Crippen LogP contribution is -2.34. The molecule has 1 aromatic heterocycles. The lowest BCUT2D eigenvalue weighted by molar-refractivity contribution is 0.0979. The van der Waals surface area contributed by atoms with Gasteiger partial charge in [0.25, 0.3) is 5.91 Å². The van der Waals surface area contributed by atoms with E-state index in [2.05, 4.69) is 54.5 Å². The van der Waals surface area contributed by atoms with E-state index in [1.807, 2.05) is 55.5 Å². The van der Waals surface area contributed by atoms with Gasteiger partial charge in [0.05, 0.1) is 5.69 Å². The fourth-order valence-electron chi connectivity index (χ4n) is 4.71. The van der Waals surface area contributed by atoms with Gasteiger partial charge in [0, 0.05) is 30.0 Å². The van der Waals surface area contributed by atoms with Crippen LogP contribution in [0.4, 0.5) is 11.4 Å². The maximum Gasteiger partial charge on any atom is 0.258 e. The number of anilines is 2. The topological polar surface area (TPSA) is 75.1 Å². The van der Waals surface area contributed by atoms with Gasteiger partial charge in [-0.15, -0.1) is 10.2 Å².